The van der Waals surface area contributed by atoms with Crippen LogP contribution in [0.15, 0.2) is 48.8 Å². The summed E-state index contributed by atoms with van der Waals surface area (Å²) in [4.78, 5) is 15.8. The zero-order chi connectivity index (χ0) is 16.9. The van der Waals surface area contributed by atoms with Crippen LogP contribution in [0.5, 0.6) is 0 Å². The van der Waals surface area contributed by atoms with Crippen LogP contribution in [-0.2, 0) is 0 Å². The monoisotopic (exact) mass is 313 g/mol. The minimum Gasteiger partial charge on any atom is -0.389 e. The van der Waals surface area contributed by atoms with E-state index >= 15 is 0 Å². The highest BCUT2D eigenvalue weighted by Gasteiger charge is 2.15. The molecule has 0 saturated carbocycles. The molecule has 0 spiro atoms. The summed E-state index contributed by atoms with van der Waals surface area (Å²) in [5.41, 5.74) is 2.30. The maximum atomic E-state index is 11.8. The molecule has 2 amide bonds. The molecule has 122 valence electrons. The first-order valence-corrected chi connectivity index (χ1v) is 7.62. The first kappa shape index (κ1) is 17.0. The molecular formula is C18H23N3O2. The van der Waals surface area contributed by atoms with Crippen LogP contribution < -0.4 is 10.6 Å². The molecule has 1 aromatic heterocycles. The van der Waals surface area contributed by atoms with Crippen molar-refractivity contribution in [3.63, 3.8) is 0 Å². The minimum absolute atomic E-state index is 0.122. The Labute approximate surface area is 136 Å². The van der Waals surface area contributed by atoms with Gasteiger partial charge in [0, 0.05) is 18.9 Å². The van der Waals surface area contributed by atoms with Crippen LogP contribution in [0.2, 0.25) is 0 Å². The molecule has 1 aromatic carbocycles. The molecule has 0 unspecified atom stereocenters. The van der Waals surface area contributed by atoms with Crippen molar-refractivity contribution in [1.82, 2.24) is 15.6 Å². The minimum atomic E-state index is -0.924. The quantitative estimate of drug-likeness (QED) is 0.794. The molecule has 1 atom stereocenters. The molecule has 0 aliphatic carbocycles. The van der Waals surface area contributed by atoms with E-state index in [0.29, 0.717) is 0 Å². The van der Waals surface area contributed by atoms with Crippen molar-refractivity contribution in [3.05, 3.63) is 54.4 Å². The van der Waals surface area contributed by atoms with E-state index in [1.165, 1.54) is 0 Å². The third kappa shape index (κ3) is 5.38. The van der Waals surface area contributed by atoms with Gasteiger partial charge in [-0.25, -0.2) is 4.79 Å². The Morgan fingerprint density at radius 2 is 1.70 bits per heavy atom. The van der Waals surface area contributed by atoms with Crippen molar-refractivity contribution in [3.8, 4) is 11.1 Å². The number of aliphatic hydroxyl groups is 1. The first-order chi connectivity index (χ1) is 10.8. The van der Waals surface area contributed by atoms with Gasteiger partial charge >= 0.3 is 6.03 Å². The average molecular weight is 313 g/mol. The highest BCUT2D eigenvalue weighted by atomic mass is 16.3. The van der Waals surface area contributed by atoms with Gasteiger partial charge in [-0.2, -0.15) is 0 Å². The van der Waals surface area contributed by atoms with E-state index in [2.05, 4.69) is 15.6 Å². The topological polar surface area (TPSA) is 74.2 Å². The summed E-state index contributed by atoms with van der Waals surface area (Å²) < 4.78 is 0. The maximum Gasteiger partial charge on any atom is 0.315 e. The third-order valence-corrected chi connectivity index (χ3v) is 3.45. The van der Waals surface area contributed by atoms with Crippen molar-refractivity contribution in [1.29, 1.82) is 0 Å². The Balaban J connectivity index is 1.95. The van der Waals surface area contributed by atoms with Crippen LogP contribution in [0.25, 0.3) is 11.1 Å². The summed E-state index contributed by atoms with van der Waals surface area (Å²) >= 11 is 0. The second-order valence-electron chi connectivity index (χ2n) is 6.22. The van der Waals surface area contributed by atoms with Crippen LogP contribution in [0.4, 0.5) is 4.79 Å². The van der Waals surface area contributed by atoms with Gasteiger partial charge in [0.1, 0.15) is 0 Å². The number of rotatable bonds is 5. The molecule has 5 nitrogen and oxygen atoms in total. The van der Waals surface area contributed by atoms with Gasteiger partial charge in [0.25, 0.3) is 0 Å². The molecule has 0 bridgehead atoms. The molecule has 23 heavy (non-hydrogen) atoms. The number of benzene rings is 1. The number of hydrogen-bond donors (Lipinski definition) is 3. The molecule has 2 rings (SSSR count). The van der Waals surface area contributed by atoms with Crippen LogP contribution >= 0.6 is 0 Å². The van der Waals surface area contributed by atoms with Gasteiger partial charge in [0.15, 0.2) is 0 Å². The Morgan fingerprint density at radius 3 is 2.26 bits per heavy atom. The van der Waals surface area contributed by atoms with Gasteiger partial charge in [-0.05, 0) is 49.6 Å². The molecule has 0 aliphatic rings. The molecule has 0 saturated heterocycles. The maximum absolute atomic E-state index is 11.8. The number of amides is 2. The normalized spacial score (nSPS) is 12.5. The fraction of sp³-hybridized carbons (Fsp3) is 0.333. The number of pyridine rings is 1. The van der Waals surface area contributed by atoms with Crippen LogP contribution in [0.3, 0.4) is 0 Å². The Kier molecular flexibility index (Phi) is 5.34. The van der Waals surface area contributed by atoms with E-state index in [0.717, 1.165) is 16.7 Å². The van der Waals surface area contributed by atoms with E-state index in [1.54, 1.807) is 26.2 Å². The Hall–Kier alpha value is -2.40. The third-order valence-electron chi connectivity index (χ3n) is 3.45. The standard InChI is InChI=1S/C18H23N3O2/c1-13(21-17(22)20-12-18(2,3)23)14-4-6-15(7-5-14)16-8-10-19-11-9-16/h4-11,13,23H,12H2,1-3H3,(H2,20,21,22)/t13-/m0/s1. The second-order valence-corrected chi connectivity index (χ2v) is 6.22. The number of hydrogen-bond acceptors (Lipinski definition) is 3. The van der Waals surface area contributed by atoms with E-state index in [-0.39, 0.29) is 18.6 Å². The summed E-state index contributed by atoms with van der Waals surface area (Å²) in [5.74, 6) is 0. The predicted octanol–water partition coefficient (Wildman–Crippen LogP) is 2.88. The lowest BCUT2D eigenvalue weighted by Crippen LogP contribution is -2.44. The number of nitrogens with one attached hydrogen (secondary N) is 2. The number of urea groups is 1. The van der Waals surface area contributed by atoms with Crippen molar-refractivity contribution in [2.75, 3.05) is 6.54 Å². The lowest BCUT2D eigenvalue weighted by molar-refractivity contribution is 0.0818. The summed E-state index contributed by atoms with van der Waals surface area (Å²) in [5, 5.41) is 15.1. The van der Waals surface area contributed by atoms with Crippen LogP contribution in [0.1, 0.15) is 32.4 Å². The molecule has 5 heteroatoms. The van der Waals surface area contributed by atoms with Gasteiger partial charge in [0.05, 0.1) is 11.6 Å². The molecular weight excluding hydrogens is 290 g/mol. The number of carbonyl (C=O) groups excluding carboxylic acids is 1. The fourth-order valence-electron chi connectivity index (χ4n) is 2.14. The van der Waals surface area contributed by atoms with E-state index in [9.17, 15) is 9.90 Å². The van der Waals surface area contributed by atoms with Crippen LogP contribution in [-0.4, -0.2) is 28.3 Å². The molecule has 0 radical (unpaired) electrons. The molecule has 2 aromatic rings. The number of carbonyl (C=O) groups is 1. The average Bonchev–Trinajstić information content (AvgIpc) is 2.53. The van der Waals surface area contributed by atoms with Gasteiger partial charge in [0.2, 0.25) is 0 Å². The zero-order valence-corrected chi connectivity index (χ0v) is 13.7. The number of nitrogens with zero attached hydrogens (tertiary/aromatic N) is 1. The van der Waals surface area contributed by atoms with Crippen LogP contribution in [0, 0.1) is 0 Å². The lowest BCUT2D eigenvalue weighted by atomic mass is 10.0. The highest BCUT2D eigenvalue weighted by molar-refractivity contribution is 5.74. The van der Waals surface area contributed by atoms with Crippen molar-refractivity contribution in [2.45, 2.75) is 32.4 Å². The zero-order valence-electron chi connectivity index (χ0n) is 13.7. The Bertz CT molecular complexity index is 634. The molecule has 1 heterocycles. The van der Waals surface area contributed by atoms with E-state index in [1.807, 2.05) is 43.3 Å². The van der Waals surface area contributed by atoms with Gasteiger partial charge in [-0.15, -0.1) is 0 Å². The predicted molar refractivity (Wildman–Crippen MR) is 90.9 cm³/mol. The second kappa shape index (κ2) is 7.24. The SMILES string of the molecule is C[C@H](NC(=O)NCC(C)(C)O)c1ccc(-c2ccncc2)cc1. The van der Waals surface area contributed by atoms with Crippen molar-refractivity contribution < 1.29 is 9.90 Å². The molecule has 0 aliphatic heterocycles. The van der Waals surface area contributed by atoms with E-state index < -0.39 is 5.60 Å². The van der Waals surface area contributed by atoms with Gasteiger partial charge in [-0.1, -0.05) is 24.3 Å². The lowest BCUT2D eigenvalue weighted by Gasteiger charge is -2.20. The van der Waals surface area contributed by atoms with Crippen molar-refractivity contribution in [2.24, 2.45) is 0 Å². The van der Waals surface area contributed by atoms with E-state index in [4.69, 9.17) is 0 Å². The smallest absolute Gasteiger partial charge is 0.315 e. The summed E-state index contributed by atoms with van der Waals surface area (Å²) in [6.07, 6.45) is 3.53. The van der Waals surface area contributed by atoms with Gasteiger partial charge in [-0.3, -0.25) is 4.98 Å². The summed E-state index contributed by atoms with van der Waals surface area (Å²) in [6, 6.07) is 11.5. The summed E-state index contributed by atoms with van der Waals surface area (Å²) in [6.45, 7) is 5.42. The first-order valence-electron chi connectivity index (χ1n) is 7.62. The molecule has 0 fully saturated rings. The van der Waals surface area contributed by atoms with Gasteiger partial charge < -0.3 is 15.7 Å². The van der Waals surface area contributed by atoms with Crippen molar-refractivity contribution >= 4 is 6.03 Å². The largest absolute Gasteiger partial charge is 0.389 e. The number of aromatic nitrogens is 1. The summed E-state index contributed by atoms with van der Waals surface area (Å²) in [7, 11) is 0. The fourth-order valence-corrected chi connectivity index (χ4v) is 2.14. The Morgan fingerprint density at radius 1 is 1.13 bits per heavy atom. The molecule has 3 N–H and O–H groups in total. The highest BCUT2D eigenvalue weighted by Crippen LogP contribution is 2.21.